The highest BCUT2D eigenvalue weighted by atomic mass is 16.3. The second kappa shape index (κ2) is 3.68. The predicted octanol–water partition coefficient (Wildman–Crippen LogP) is 0.645. The fourth-order valence-corrected chi connectivity index (χ4v) is 0.207. The summed E-state index contributed by atoms with van der Waals surface area (Å²) in [6.07, 6.45) is 1.66. The molecule has 1 radical (unpaired) electrons. The normalized spacial score (nSPS) is 12.0. The number of aliphatic hydroxyl groups excluding tert-OH is 2. The Kier molecular flexibility index (Phi) is 3.42. The fraction of sp³-hybridized carbons (Fsp3) is 0.400. The van der Waals surface area contributed by atoms with E-state index in [1.54, 1.807) is 0 Å². The van der Waals surface area contributed by atoms with Crippen molar-refractivity contribution in [2.75, 3.05) is 6.61 Å². The standard InChI is InChI=1S/C5H9O2/c1-2-5(7)3-4-6/h3,6-7H,1-2,4H2. The lowest BCUT2D eigenvalue weighted by Gasteiger charge is -1.87. The zero-order valence-corrected chi connectivity index (χ0v) is 4.09. The van der Waals surface area contributed by atoms with Crippen LogP contribution >= 0.6 is 0 Å². The van der Waals surface area contributed by atoms with Gasteiger partial charge in [0.05, 0.1) is 12.4 Å². The first-order valence-electron chi connectivity index (χ1n) is 2.09. The number of hydrogen-bond acceptors (Lipinski definition) is 2. The van der Waals surface area contributed by atoms with Crippen molar-refractivity contribution in [3.63, 3.8) is 0 Å². The molecule has 0 fully saturated rings. The van der Waals surface area contributed by atoms with E-state index < -0.39 is 0 Å². The molecular weight excluding hydrogens is 92.1 g/mol. The Morgan fingerprint density at radius 1 is 1.71 bits per heavy atom. The molecule has 2 N–H and O–H groups in total. The van der Waals surface area contributed by atoms with Crippen LogP contribution in [0.5, 0.6) is 0 Å². The Labute approximate surface area is 43.1 Å². The van der Waals surface area contributed by atoms with Crippen LogP contribution in [0, 0.1) is 6.92 Å². The summed E-state index contributed by atoms with van der Waals surface area (Å²) >= 11 is 0. The Morgan fingerprint density at radius 3 is 2.43 bits per heavy atom. The van der Waals surface area contributed by atoms with Crippen LogP contribution in [0.3, 0.4) is 0 Å². The first-order chi connectivity index (χ1) is 3.31. The summed E-state index contributed by atoms with van der Waals surface area (Å²) in [6, 6.07) is 0. The van der Waals surface area contributed by atoms with E-state index in [-0.39, 0.29) is 12.4 Å². The molecule has 0 heterocycles. The molecule has 0 aromatic rings. The molecule has 0 amide bonds. The molecule has 2 nitrogen and oxygen atoms in total. The van der Waals surface area contributed by atoms with Crippen LogP contribution in [0.15, 0.2) is 11.8 Å². The summed E-state index contributed by atoms with van der Waals surface area (Å²) in [6.45, 7) is 3.27. The lowest BCUT2D eigenvalue weighted by molar-refractivity contribution is 0.327. The number of hydrogen-bond donors (Lipinski definition) is 2. The van der Waals surface area contributed by atoms with Crippen LogP contribution in [0.1, 0.15) is 6.42 Å². The zero-order valence-electron chi connectivity index (χ0n) is 4.09. The highest BCUT2D eigenvalue weighted by Gasteiger charge is 1.80. The SMILES string of the molecule is [CH2]CC(O)=CCO. The summed E-state index contributed by atoms with van der Waals surface area (Å²) in [5, 5.41) is 16.6. The number of aliphatic hydroxyl groups is 2. The van der Waals surface area contributed by atoms with Gasteiger partial charge in [-0.25, -0.2) is 0 Å². The summed E-state index contributed by atoms with van der Waals surface area (Å²) in [7, 11) is 0. The maximum Gasteiger partial charge on any atom is 0.0905 e. The molecular formula is C5H9O2. The van der Waals surface area contributed by atoms with Crippen LogP contribution in [-0.2, 0) is 0 Å². The lowest BCUT2D eigenvalue weighted by Crippen LogP contribution is -1.79. The number of allylic oxidation sites excluding steroid dienone is 1. The van der Waals surface area contributed by atoms with E-state index in [4.69, 9.17) is 10.2 Å². The van der Waals surface area contributed by atoms with Gasteiger partial charge in [-0.15, -0.1) is 0 Å². The quantitative estimate of drug-likeness (QED) is 0.501. The minimum Gasteiger partial charge on any atom is -0.513 e. The average Bonchev–Trinajstić information content (AvgIpc) is 1.68. The van der Waals surface area contributed by atoms with Gasteiger partial charge >= 0.3 is 0 Å². The third-order valence-corrected chi connectivity index (χ3v) is 0.583. The fourth-order valence-electron chi connectivity index (χ4n) is 0.207. The highest BCUT2D eigenvalue weighted by Crippen LogP contribution is 1.90. The van der Waals surface area contributed by atoms with E-state index in [2.05, 4.69) is 6.92 Å². The second-order valence-corrected chi connectivity index (χ2v) is 1.13. The Balaban J connectivity index is 3.29. The third kappa shape index (κ3) is 3.33. The highest BCUT2D eigenvalue weighted by molar-refractivity contribution is 4.90. The smallest absolute Gasteiger partial charge is 0.0905 e. The van der Waals surface area contributed by atoms with Gasteiger partial charge in [0, 0.05) is 6.42 Å². The van der Waals surface area contributed by atoms with Gasteiger partial charge in [0.25, 0.3) is 0 Å². The van der Waals surface area contributed by atoms with Gasteiger partial charge < -0.3 is 10.2 Å². The second-order valence-electron chi connectivity index (χ2n) is 1.13. The van der Waals surface area contributed by atoms with Gasteiger partial charge in [-0.05, 0) is 13.0 Å². The molecule has 0 saturated carbocycles. The first kappa shape index (κ1) is 6.50. The molecule has 0 aliphatic rings. The van der Waals surface area contributed by atoms with Gasteiger partial charge in [0.2, 0.25) is 0 Å². The molecule has 0 aliphatic heterocycles. The van der Waals surface area contributed by atoms with Gasteiger partial charge in [-0.1, -0.05) is 0 Å². The molecule has 0 atom stereocenters. The molecule has 0 saturated heterocycles. The molecule has 2 heteroatoms. The zero-order chi connectivity index (χ0) is 5.70. The predicted molar refractivity (Wildman–Crippen MR) is 27.8 cm³/mol. The van der Waals surface area contributed by atoms with Gasteiger partial charge in [0.15, 0.2) is 0 Å². The topological polar surface area (TPSA) is 40.5 Å². The van der Waals surface area contributed by atoms with E-state index in [0.29, 0.717) is 6.42 Å². The van der Waals surface area contributed by atoms with E-state index in [9.17, 15) is 0 Å². The van der Waals surface area contributed by atoms with Crippen molar-refractivity contribution in [1.82, 2.24) is 0 Å². The van der Waals surface area contributed by atoms with Crippen molar-refractivity contribution in [2.45, 2.75) is 6.42 Å². The molecule has 0 aromatic heterocycles. The van der Waals surface area contributed by atoms with Crippen molar-refractivity contribution in [2.24, 2.45) is 0 Å². The van der Waals surface area contributed by atoms with Crippen molar-refractivity contribution in [1.29, 1.82) is 0 Å². The largest absolute Gasteiger partial charge is 0.513 e. The van der Waals surface area contributed by atoms with Crippen molar-refractivity contribution >= 4 is 0 Å². The Morgan fingerprint density at radius 2 is 2.29 bits per heavy atom. The number of rotatable bonds is 2. The monoisotopic (exact) mass is 101 g/mol. The van der Waals surface area contributed by atoms with Crippen LogP contribution in [0.4, 0.5) is 0 Å². The lowest BCUT2D eigenvalue weighted by atomic mass is 10.4. The van der Waals surface area contributed by atoms with E-state index >= 15 is 0 Å². The molecule has 0 bridgehead atoms. The maximum absolute atomic E-state index is 8.50. The van der Waals surface area contributed by atoms with Crippen molar-refractivity contribution < 1.29 is 10.2 Å². The maximum atomic E-state index is 8.50. The van der Waals surface area contributed by atoms with Crippen LogP contribution in [0.2, 0.25) is 0 Å². The van der Waals surface area contributed by atoms with Gasteiger partial charge in [-0.2, -0.15) is 0 Å². The molecule has 0 unspecified atom stereocenters. The molecule has 0 aromatic carbocycles. The molecule has 0 spiro atoms. The Bertz CT molecular complexity index is 66.5. The summed E-state index contributed by atoms with van der Waals surface area (Å²) in [5.74, 6) is 0.141. The minimum absolute atomic E-state index is 0.110. The van der Waals surface area contributed by atoms with E-state index in [0.717, 1.165) is 0 Å². The Hall–Kier alpha value is -0.500. The third-order valence-electron chi connectivity index (χ3n) is 0.583. The first-order valence-corrected chi connectivity index (χ1v) is 2.09. The average molecular weight is 101 g/mol. The van der Waals surface area contributed by atoms with Crippen LogP contribution in [-0.4, -0.2) is 16.8 Å². The van der Waals surface area contributed by atoms with E-state index in [1.807, 2.05) is 0 Å². The molecule has 41 valence electrons. The van der Waals surface area contributed by atoms with Gasteiger partial charge in [-0.3, -0.25) is 0 Å². The van der Waals surface area contributed by atoms with Crippen molar-refractivity contribution in [3.05, 3.63) is 18.8 Å². The van der Waals surface area contributed by atoms with E-state index in [1.165, 1.54) is 6.08 Å². The van der Waals surface area contributed by atoms with Crippen molar-refractivity contribution in [3.8, 4) is 0 Å². The van der Waals surface area contributed by atoms with Crippen LogP contribution < -0.4 is 0 Å². The van der Waals surface area contributed by atoms with Gasteiger partial charge in [0.1, 0.15) is 0 Å². The summed E-state index contributed by atoms with van der Waals surface area (Å²) in [4.78, 5) is 0. The molecule has 0 rings (SSSR count). The van der Waals surface area contributed by atoms with Crippen LogP contribution in [0.25, 0.3) is 0 Å². The molecule has 0 aliphatic carbocycles. The summed E-state index contributed by atoms with van der Waals surface area (Å²) in [5.41, 5.74) is 0. The molecule has 7 heavy (non-hydrogen) atoms. The summed E-state index contributed by atoms with van der Waals surface area (Å²) < 4.78 is 0. The minimum atomic E-state index is -0.110.